The topological polar surface area (TPSA) is 58.6 Å². The molecule has 0 atom stereocenters. The molecular weight excluding hydrogens is 486 g/mol. The van der Waals surface area contributed by atoms with E-state index in [9.17, 15) is 35.9 Å². The number of rotatable bonds is 4. The largest absolute Gasteiger partial charge is 0.434 e. The smallest absolute Gasteiger partial charge is 0.426 e. The zero-order valence-electron chi connectivity index (χ0n) is 16.2. The van der Waals surface area contributed by atoms with Crippen LogP contribution < -0.4 is 5.32 Å². The van der Waals surface area contributed by atoms with E-state index in [1.165, 1.54) is 11.3 Å². The number of nitrogens with zero attached hydrogens (tertiary/aromatic N) is 1. The van der Waals surface area contributed by atoms with Crippen LogP contribution in [0.1, 0.15) is 22.5 Å². The van der Waals surface area contributed by atoms with Crippen molar-refractivity contribution >= 4 is 45.0 Å². The second-order valence-electron chi connectivity index (χ2n) is 7.23. The Kier molecular flexibility index (Phi) is 7.13. The summed E-state index contributed by atoms with van der Waals surface area (Å²) in [5, 5.41) is 3.84. The molecule has 2 aromatic rings. The second-order valence-corrected chi connectivity index (χ2v) is 8.66. The van der Waals surface area contributed by atoms with E-state index in [0.29, 0.717) is 9.90 Å². The predicted octanol–water partition coefficient (Wildman–Crippen LogP) is 5.63. The molecule has 1 aliphatic heterocycles. The minimum atomic E-state index is -5.76. The van der Waals surface area contributed by atoms with Gasteiger partial charge in [0.25, 0.3) is 12.0 Å². The Balaban J connectivity index is 1.51. The van der Waals surface area contributed by atoms with E-state index in [2.05, 4.69) is 10.1 Å². The highest BCUT2D eigenvalue weighted by Crippen LogP contribution is 2.37. The number of fused-ring (bicyclic) bond motifs is 1. The molecule has 1 aromatic heterocycles. The molecule has 1 fully saturated rings. The van der Waals surface area contributed by atoms with Crippen LogP contribution in [0.15, 0.2) is 24.3 Å². The van der Waals surface area contributed by atoms with Gasteiger partial charge in [-0.15, -0.1) is 11.3 Å². The molecule has 32 heavy (non-hydrogen) atoms. The number of nitrogens with one attached hydrogen (secondary N) is 1. The maximum atomic E-state index is 12.6. The Bertz CT molecular complexity index is 972. The third-order valence-corrected chi connectivity index (χ3v) is 6.65. The average Bonchev–Trinajstić information content (AvgIpc) is 3.05. The molecule has 0 spiro atoms. The maximum Gasteiger partial charge on any atom is 0.434 e. The molecule has 0 saturated carbocycles. The van der Waals surface area contributed by atoms with Crippen LogP contribution in [-0.2, 0) is 4.74 Å². The standard InChI is InChI=1S/C19H17ClF6N2O3S/c20-13-11-3-1-2-4-12(11)32-14(13)15(29)27-9-10-5-7-28(8-6-10)17(30)31-16(18(21,22)23)19(24,25)26/h1-4,10,16H,5-9H2,(H,27,29). The predicted molar refractivity (Wildman–Crippen MR) is 106 cm³/mol. The second kappa shape index (κ2) is 9.34. The number of thiophene rings is 1. The van der Waals surface area contributed by atoms with Crippen molar-refractivity contribution in [1.29, 1.82) is 0 Å². The summed E-state index contributed by atoms with van der Waals surface area (Å²) in [4.78, 5) is 25.4. The minimum Gasteiger partial charge on any atom is -0.426 e. The Morgan fingerprint density at radius 1 is 1.12 bits per heavy atom. The van der Waals surface area contributed by atoms with Crippen molar-refractivity contribution in [2.75, 3.05) is 19.6 Å². The van der Waals surface area contributed by atoms with Gasteiger partial charge in [0.2, 0.25) is 0 Å². The van der Waals surface area contributed by atoms with Crippen LogP contribution >= 0.6 is 22.9 Å². The van der Waals surface area contributed by atoms with E-state index in [0.717, 1.165) is 15.0 Å². The van der Waals surface area contributed by atoms with Crippen LogP contribution in [0.4, 0.5) is 31.1 Å². The summed E-state index contributed by atoms with van der Waals surface area (Å²) in [5.74, 6) is -0.492. The number of hydrogen-bond acceptors (Lipinski definition) is 4. The fourth-order valence-electron chi connectivity index (χ4n) is 3.29. The Morgan fingerprint density at radius 2 is 1.72 bits per heavy atom. The van der Waals surface area contributed by atoms with Crippen molar-refractivity contribution in [3.05, 3.63) is 34.2 Å². The van der Waals surface area contributed by atoms with Gasteiger partial charge in [0, 0.05) is 29.7 Å². The molecule has 2 amide bonds. The molecule has 2 heterocycles. The molecule has 1 saturated heterocycles. The Hall–Kier alpha value is -2.21. The van der Waals surface area contributed by atoms with Gasteiger partial charge in [-0.05, 0) is 24.8 Å². The lowest BCUT2D eigenvalue weighted by Crippen LogP contribution is -2.49. The van der Waals surface area contributed by atoms with Gasteiger partial charge in [0.1, 0.15) is 4.88 Å². The number of benzene rings is 1. The fraction of sp³-hybridized carbons (Fsp3) is 0.474. The van der Waals surface area contributed by atoms with E-state index in [4.69, 9.17) is 11.6 Å². The van der Waals surface area contributed by atoms with Gasteiger partial charge in [-0.2, -0.15) is 26.3 Å². The van der Waals surface area contributed by atoms with Gasteiger partial charge in [0.15, 0.2) is 0 Å². The third kappa shape index (κ3) is 5.58. The number of carbonyl (C=O) groups is 2. The summed E-state index contributed by atoms with van der Waals surface area (Å²) in [5.41, 5.74) is 0. The molecule has 5 nitrogen and oxygen atoms in total. The van der Waals surface area contributed by atoms with Crippen molar-refractivity contribution in [1.82, 2.24) is 10.2 Å². The summed E-state index contributed by atoms with van der Waals surface area (Å²) < 4.78 is 79.9. The first-order valence-electron chi connectivity index (χ1n) is 9.42. The van der Waals surface area contributed by atoms with Crippen LogP contribution in [0.25, 0.3) is 10.1 Å². The highest BCUT2D eigenvalue weighted by Gasteiger charge is 2.60. The summed E-state index contributed by atoms with van der Waals surface area (Å²) in [6.45, 7) is 0.0386. The van der Waals surface area contributed by atoms with Gasteiger partial charge in [-0.25, -0.2) is 4.79 Å². The number of amides is 2. The zero-order valence-corrected chi connectivity index (χ0v) is 17.8. The van der Waals surface area contributed by atoms with E-state index < -0.39 is 24.5 Å². The number of piperidine rings is 1. The normalized spacial score (nSPS) is 15.9. The number of carbonyl (C=O) groups excluding carboxylic acids is 2. The maximum absolute atomic E-state index is 12.6. The number of likely N-dealkylation sites (tertiary alicyclic amines) is 1. The van der Waals surface area contributed by atoms with Crippen LogP contribution in [0.3, 0.4) is 0 Å². The number of ether oxygens (including phenoxy) is 1. The van der Waals surface area contributed by atoms with E-state index in [-0.39, 0.29) is 44.3 Å². The highest BCUT2D eigenvalue weighted by atomic mass is 35.5. The van der Waals surface area contributed by atoms with Gasteiger partial charge >= 0.3 is 18.4 Å². The SMILES string of the molecule is O=C(NCC1CCN(C(=O)OC(C(F)(F)F)C(F)(F)F)CC1)c1sc2ccccc2c1Cl. The van der Waals surface area contributed by atoms with Crippen molar-refractivity contribution < 1.29 is 40.7 Å². The monoisotopic (exact) mass is 502 g/mol. The van der Waals surface area contributed by atoms with Crippen molar-refractivity contribution in [3.8, 4) is 0 Å². The summed E-state index contributed by atoms with van der Waals surface area (Å²) in [7, 11) is 0. The first kappa shape index (κ1) is 24.4. The zero-order chi connectivity index (χ0) is 23.7. The molecule has 0 unspecified atom stereocenters. The molecule has 3 rings (SSSR count). The average molecular weight is 503 g/mol. The number of halogens is 7. The Morgan fingerprint density at radius 3 is 2.28 bits per heavy atom. The highest BCUT2D eigenvalue weighted by molar-refractivity contribution is 7.21. The number of alkyl halides is 6. The molecule has 0 aliphatic carbocycles. The molecule has 1 aliphatic rings. The fourth-order valence-corrected chi connectivity index (χ4v) is 4.72. The summed E-state index contributed by atoms with van der Waals surface area (Å²) >= 11 is 7.50. The molecule has 0 bridgehead atoms. The molecule has 13 heteroatoms. The summed E-state index contributed by atoms with van der Waals surface area (Å²) in [6.07, 6.45) is -16.8. The van der Waals surface area contributed by atoms with Crippen LogP contribution in [0.2, 0.25) is 5.02 Å². The van der Waals surface area contributed by atoms with Gasteiger partial charge in [-0.1, -0.05) is 29.8 Å². The molecular formula is C19H17ClF6N2O3S. The van der Waals surface area contributed by atoms with Gasteiger partial charge in [-0.3, -0.25) is 4.79 Å². The lowest BCUT2D eigenvalue weighted by molar-refractivity contribution is -0.308. The van der Waals surface area contributed by atoms with Crippen LogP contribution in [-0.4, -0.2) is 55.0 Å². The Labute approximate surface area is 187 Å². The lowest BCUT2D eigenvalue weighted by atomic mass is 9.97. The van der Waals surface area contributed by atoms with Crippen LogP contribution in [0, 0.1) is 5.92 Å². The van der Waals surface area contributed by atoms with E-state index in [1.54, 1.807) is 12.1 Å². The van der Waals surface area contributed by atoms with Gasteiger partial charge in [0.05, 0.1) is 5.02 Å². The van der Waals surface area contributed by atoms with Crippen molar-refractivity contribution in [3.63, 3.8) is 0 Å². The minimum absolute atomic E-state index is 0.0918. The lowest BCUT2D eigenvalue weighted by Gasteiger charge is -2.33. The van der Waals surface area contributed by atoms with Crippen molar-refractivity contribution in [2.24, 2.45) is 5.92 Å². The van der Waals surface area contributed by atoms with E-state index in [1.807, 2.05) is 12.1 Å². The molecule has 1 N–H and O–H groups in total. The first-order valence-corrected chi connectivity index (χ1v) is 10.6. The summed E-state index contributed by atoms with van der Waals surface area (Å²) in [6, 6.07) is 7.25. The quantitative estimate of drug-likeness (QED) is 0.552. The molecule has 0 radical (unpaired) electrons. The van der Waals surface area contributed by atoms with Crippen molar-refractivity contribution in [2.45, 2.75) is 31.3 Å². The van der Waals surface area contributed by atoms with Crippen LogP contribution in [0.5, 0.6) is 0 Å². The first-order chi connectivity index (χ1) is 14.9. The molecule has 1 aromatic carbocycles. The van der Waals surface area contributed by atoms with E-state index >= 15 is 0 Å². The third-order valence-electron chi connectivity index (χ3n) is 4.98. The number of hydrogen-bond donors (Lipinski definition) is 1. The van der Waals surface area contributed by atoms with Gasteiger partial charge < -0.3 is 15.0 Å². The molecule has 176 valence electrons.